The molecule has 9 nitrogen and oxygen atoms in total. The summed E-state index contributed by atoms with van der Waals surface area (Å²) in [6.45, 7) is 12.0. The third-order valence-corrected chi connectivity index (χ3v) is 5.82. The zero-order chi connectivity index (χ0) is 23.8. The van der Waals surface area contributed by atoms with Crippen LogP contribution >= 0.6 is 0 Å². The molecule has 0 aliphatic carbocycles. The van der Waals surface area contributed by atoms with E-state index in [1.165, 1.54) is 6.33 Å². The van der Waals surface area contributed by atoms with E-state index in [4.69, 9.17) is 4.74 Å². The molecule has 1 aliphatic rings. The molecule has 1 saturated heterocycles. The van der Waals surface area contributed by atoms with Crippen molar-refractivity contribution in [2.75, 3.05) is 11.9 Å². The molecule has 3 rings (SSSR count). The predicted octanol–water partition coefficient (Wildman–Crippen LogP) is 2.39. The molecule has 2 aromatic rings. The van der Waals surface area contributed by atoms with Crippen molar-refractivity contribution in [1.82, 2.24) is 14.5 Å². The highest BCUT2D eigenvalue weighted by Crippen LogP contribution is 2.35. The van der Waals surface area contributed by atoms with E-state index < -0.39 is 31.1 Å². The van der Waals surface area contributed by atoms with Crippen molar-refractivity contribution >= 4 is 22.8 Å². The fraction of sp³-hybridized carbons (Fsp3) is 0.696. The summed E-state index contributed by atoms with van der Waals surface area (Å²) in [5.41, 5.74) is 1.28. The number of ether oxygens (including phenoxy) is 1. The number of amides is 1. The van der Waals surface area contributed by atoms with E-state index in [0.29, 0.717) is 22.8 Å². The minimum absolute atomic E-state index is 0.0111. The Morgan fingerprint density at radius 1 is 1.25 bits per heavy atom. The van der Waals surface area contributed by atoms with Crippen molar-refractivity contribution in [1.29, 1.82) is 0 Å². The monoisotopic (exact) mass is 448 g/mol. The zero-order valence-corrected chi connectivity index (χ0v) is 19.7. The molecular formula is C23H36N4O5. The number of nitrogens with zero attached hydrogens (tertiary/aromatic N) is 3. The number of aromatic nitrogens is 3. The highest BCUT2D eigenvalue weighted by Gasteiger charge is 2.44. The minimum Gasteiger partial charge on any atom is -0.394 e. The molecule has 0 spiro atoms. The molecule has 32 heavy (non-hydrogen) atoms. The highest BCUT2D eigenvalue weighted by molar-refractivity contribution is 6.00. The van der Waals surface area contributed by atoms with Crippen LogP contribution in [0.25, 0.3) is 11.0 Å². The van der Waals surface area contributed by atoms with Crippen LogP contribution in [0.3, 0.4) is 0 Å². The molecule has 0 saturated carbocycles. The number of aryl methyl sites for hydroxylation is 1. The van der Waals surface area contributed by atoms with Crippen LogP contribution in [0, 0.1) is 24.2 Å². The van der Waals surface area contributed by atoms with Crippen molar-refractivity contribution in [3.05, 3.63) is 18.1 Å². The number of aliphatic hydroxyl groups excluding tert-OH is 3. The van der Waals surface area contributed by atoms with Gasteiger partial charge in [-0.3, -0.25) is 4.79 Å². The fourth-order valence-corrected chi connectivity index (χ4v) is 4.48. The molecular weight excluding hydrogens is 412 g/mol. The Hall–Kier alpha value is -2.07. The summed E-state index contributed by atoms with van der Waals surface area (Å²) in [6, 6.07) is 0. The maximum absolute atomic E-state index is 13.2. The van der Waals surface area contributed by atoms with Gasteiger partial charge in [0.15, 0.2) is 6.23 Å². The summed E-state index contributed by atoms with van der Waals surface area (Å²) in [5, 5.41) is 33.6. The Bertz CT molecular complexity index is 952. The topological polar surface area (TPSA) is 130 Å². The lowest BCUT2D eigenvalue weighted by Crippen LogP contribution is -2.33. The van der Waals surface area contributed by atoms with E-state index in [-0.39, 0.29) is 17.2 Å². The zero-order valence-electron chi connectivity index (χ0n) is 19.7. The lowest BCUT2D eigenvalue weighted by Gasteiger charge is -2.26. The van der Waals surface area contributed by atoms with Gasteiger partial charge in [-0.25, -0.2) is 9.97 Å². The van der Waals surface area contributed by atoms with Gasteiger partial charge in [0.2, 0.25) is 5.91 Å². The third-order valence-electron chi connectivity index (χ3n) is 5.82. The number of anilines is 1. The van der Waals surface area contributed by atoms with Crippen molar-refractivity contribution < 1.29 is 24.9 Å². The summed E-state index contributed by atoms with van der Waals surface area (Å²) >= 11 is 0. The largest absolute Gasteiger partial charge is 0.394 e. The molecule has 0 bridgehead atoms. The Morgan fingerprint density at radius 2 is 1.94 bits per heavy atom. The van der Waals surface area contributed by atoms with Gasteiger partial charge in [0.25, 0.3) is 0 Å². The van der Waals surface area contributed by atoms with E-state index in [1.54, 1.807) is 10.8 Å². The van der Waals surface area contributed by atoms with Gasteiger partial charge < -0.3 is 29.9 Å². The third kappa shape index (κ3) is 5.11. The second-order valence-electron chi connectivity index (χ2n) is 10.4. The van der Waals surface area contributed by atoms with Crippen LogP contribution in [0.5, 0.6) is 0 Å². The Balaban J connectivity index is 1.93. The van der Waals surface area contributed by atoms with Crippen LogP contribution < -0.4 is 5.32 Å². The summed E-state index contributed by atoms with van der Waals surface area (Å²) < 4.78 is 7.28. The maximum atomic E-state index is 13.2. The number of carbonyl (C=O) groups excluding carboxylic acids is 1. The van der Waals surface area contributed by atoms with Gasteiger partial charge in [0.05, 0.1) is 12.0 Å². The first-order valence-corrected chi connectivity index (χ1v) is 11.2. The van der Waals surface area contributed by atoms with Gasteiger partial charge >= 0.3 is 0 Å². The molecule has 178 valence electrons. The summed E-state index contributed by atoms with van der Waals surface area (Å²) in [7, 11) is 0. The summed E-state index contributed by atoms with van der Waals surface area (Å²) in [4.78, 5) is 21.9. The molecule has 3 heterocycles. The van der Waals surface area contributed by atoms with Gasteiger partial charge in [-0.2, -0.15) is 0 Å². The lowest BCUT2D eigenvalue weighted by molar-refractivity contribution is -0.121. The fourth-order valence-electron chi connectivity index (χ4n) is 4.48. The van der Waals surface area contributed by atoms with E-state index in [1.807, 2.05) is 6.92 Å². The molecule has 2 unspecified atom stereocenters. The summed E-state index contributed by atoms with van der Waals surface area (Å²) in [5.74, 6) is 0.565. The van der Waals surface area contributed by atoms with Crippen LogP contribution in [0.1, 0.15) is 59.3 Å². The Morgan fingerprint density at radius 3 is 2.50 bits per heavy atom. The number of rotatable bonds is 7. The quantitative estimate of drug-likeness (QED) is 0.512. The summed E-state index contributed by atoms with van der Waals surface area (Å²) in [6.07, 6.45) is 0.407. The average Bonchev–Trinajstić information content (AvgIpc) is 3.17. The number of fused-ring (bicyclic) bond motifs is 1. The first-order valence-electron chi connectivity index (χ1n) is 11.2. The second kappa shape index (κ2) is 9.43. The molecule has 0 radical (unpaired) electrons. The SMILES string of the molecule is Cc1cn([C@@H]2O[C@H](CO)C(O)[C@@H]2O)c2ncnc(NC(=O)C(CC(C)C)CC(C)(C)C)c12. The van der Waals surface area contributed by atoms with Crippen LogP contribution in [0.2, 0.25) is 0 Å². The standard InChI is InChI=1S/C23H36N4O5/c1-12(2)7-14(8-23(4,5)6)21(31)26-19-16-13(3)9-27(20(16)25-11-24-19)22-18(30)17(29)15(10-28)32-22/h9,11-12,14-15,17-18,22,28-30H,7-8,10H2,1-6H3,(H,24,25,26,31)/t14?,15-,17?,18+,22-/m1/s1. The number of hydrogen-bond acceptors (Lipinski definition) is 7. The molecule has 9 heteroatoms. The molecule has 1 fully saturated rings. The first kappa shape index (κ1) is 24.6. The minimum atomic E-state index is -1.22. The van der Waals surface area contributed by atoms with Gasteiger partial charge in [-0.15, -0.1) is 0 Å². The number of carbonyl (C=O) groups is 1. The molecule has 0 aromatic carbocycles. The van der Waals surface area contributed by atoms with Crippen molar-refractivity contribution in [3.63, 3.8) is 0 Å². The maximum Gasteiger partial charge on any atom is 0.228 e. The van der Waals surface area contributed by atoms with E-state index in [0.717, 1.165) is 18.4 Å². The van der Waals surface area contributed by atoms with Crippen molar-refractivity contribution in [2.24, 2.45) is 17.3 Å². The highest BCUT2D eigenvalue weighted by atomic mass is 16.6. The van der Waals surface area contributed by atoms with Crippen molar-refractivity contribution in [3.8, 4) is 0 Å². The second-order valence-corrected chi connectivity index (χ2v) is 10.4. The van der Waals surface area contributed by atoms with Crippen LogP contribution in [0.15, 0.2) is 12.5 Å². The van der Waals surface area contributed by atoms with E-state index >= 15 is 0 Å². The average molecular weight is 449 g/mol. The van der Waals surface area contributed by atoms with E-state index in [2.05, 4.69) is 49.9 Å². The lowest BCUT2D eigenvalue weighted by atomic mass is 9.80. The molecule has 4 N–H and O–H groups in total. The van der Waals surface area contributed by atoms with Gasteiger partial charge in [-0.1, -0.05) is 34.6 Å². The Labute approximate surface area is 188 Å². The normalized spacial score (nSPS) is 24.9. The number of hydrogen-bond donors (Lipinski definition) is 4. The van der Waals surface area contributed by atoms with Crippen LogP contribution in [-0.2, 0) is 9.53 Å². The van der Waals surface area contributed by atoms with Gasteiger partial charge in [0, 0.05) is 12.1 Å². The molecule has 1 amide bonds. The molecule has 2 aromatic heterocycles. The first-order chi connectivity index (χ1) is 14.9. The van der Waals surface area contributed by atoms with Gasteiger partial charge in [-0.05, 0) is 36.7 Å². The predicted molar refractivity (Wildman–Crippen MR) is 121 cm³/mol. The molecule has 1 aliphatic heterocycles. The molecule has 5 atom stereocenters. The smallest absolute Gasteiger partial charge is 0.228 e. The van der Waals surface area contributed by atoms with Crippen LogP contribution in [0.4, 0.5) is 5.82 Å². The van der Waals surface area contributed by atoms with Gasteiger partial charge in [0.1, 0.15) is 36.1 Å². The Kier molecular flexibility index (Phi) is 7.24. The number of nitrogens with one attached hydrogen (secondary N) is 1. The van der Waals surface area contributed by atoms with Crippen molar-refractivity contribution in [2.45, 2.75) is 78.9 Å². The van der Waals surface area contributed by atoms with E-state index in [9.17, 15) is 20.1 Å². The number of aliphatic hydroxyl groups is 3. The van der Waals surface area contributed by atoms with Crippen LogP contribution in [-0.4, -0.2) is 60.7 Å².